The van der Waals surface area contributed by atoms with E-state index in [2.05, 4.69) is 55.6 Å². The number of hydrogen-bond acceptors (Lipinski definition) is 18. The largest absolute Gasteiger partial charge is 0.394 e. The molecule has 3 heterocycles. The van der Waals surface area contributed by atoms with Gasteiger partial charge >= 0.3 is 0 Å². The Morgan fingerprint density at radius 3 is 1.30 bits per heavy atom. The van der Waals surface area contributed by atoms with Gasteiger partial charge in [-0.1, -0.05) is 184 Å². The highest BCUT2D eigenvalue weighted by atomic mass is 16.8. The Labute approximate surface area is 478 Å². The molecule has 80 heavy (non-hydrogen) atoms. The predicted molar refractivity (Wildman–Crippen MR) is 305 cm³/mol. The maximum absolute atomic E-state index is 13.2. The number of unbranched alkanes of at least 4 members (excludes halogenated alkanes) is 23. The first-order chi connectivity index (χ1) is 38.8. The molecule has 19 heteroatoms. The molecule has 12 N–H and O–H groups in total. The minimum Gasteiger partial charge on any atom is -0.394 e. The maximum Gasteiger partial charge on any atom is 0.220 e. The zero-order chi connectivity index (χ0) is 58.3. The van der Waals surface area contributed by atoms with Gasteiger partial charge in [-0.05, 0) is 57.8 Å². The summed E-state index contributed by atoms with van der Waals surface area (Å²) in [5, 5.41) is 120. The molecule has 0 aromatic heterocycles. The van der Waals surface area contributed by atoms with Gasteiger partial charge in [-0.2, -0.15) is 0 Å². The topological polar surface area (TPSA) is 307 Å². The van der Waals surface area contributed by atoms with Crippen LogP contribution in [0, 0.1) is 0 Å². The average Bonchev–Trinajstić information content (AvgIpc) is 3.49. The van der Waals surface area contributed by atoms with Gasteiger partial charge in [-0.25, -0.2) is 0 Å². The fourth-order valence-electron chi connectivity index (χ4n) is 10.3. The van der Waals surface area contributed by atoms with Gasteiger partial charge in [0.25, 0.3) is 0 Å². The Morgan fingerprint density at radius 2 is 0.825 bits per heavy atom. The van der Waals surface area contributed by atoms with Crippen molar-refractivity contribution < 1.29 is 89.4 Å². The number of hydrogen-bond donors (Lipinski definition) is 12. The molecule has 3 fully saturated rings. The van der Waals surface area contributed by atoms with E-state index in [0.29, 0.717) is 6.42 Å². The molecule has 17 atom stereocenters. The van der Waals surface area contributed by atoms with Crippen molar-refractivity contribution in [2.75, 3.05) is 26.4 Å². The number of aliphatic hydroxyl groups excluding tert-OH is 11. The highest BCUT2D eigenvalue weighted by molar-refractivity contribution is 5.76. The van der Waals surface area contributed by atoms with Gasteiger partial charge in [-0.3, -0.25) is 4.79 Å². The summed E-state index contributed by atoms with van der Waals surface area (Å²) in [5.74, 6) is -0.284. The fourth-order valence-corrected chi connectivity index (χ4v) is 10.3. The number of allylic oxidation sites excluding steroid dienone is 7. The summed E-state index contributed by atoms with van der Waals surface area (Å²) in [4.78, 5) is 13.2. The monoisotopic (exact) mass is 1140 g/mol. The Bertz CT molecular complexity index is 1650. The van der Waals surface area contributed by atoms with E-state index in [0.717, 1.165) is 64.2 Å². The van der Waals surface area contributed by atoms with Crippen LogP contribution >= 0.6 is 0 Å². The second-order valence-electron chi connectivity index (χ2n) is 22.2. The van der Waals surface area contributed by atoms with Crippen LogP contribution in [-0.4, -0.2) is 193 Å². The molecule has 0 bridgehead atoms. The molecule has 3 rings (SSSR count). The van der Waals surface area contributed by atoms with E-state index in [-0.39, 0.29) is 18.9 Å². The molecule has 1 amide bonds. The number of amides is 1. The van der Waals surface area contributed by atoms with E-state index in [9.17, 15) is 61.0 Å². The predicted octanol–water partition coefficient (Wildman–Crippen LogP) is 5.87. The third-order valence-corrected chi connectivity index (χ3v) is 15.4. The minimum absolute atomic E-state index is 0.240. The van der Waals surface area contributed by atoms with Gasteiger partial charge in [0.2, 0.25) is 5.91 Å². The SMILES string of the molecule is CCCCCC/C=C/C(O)C(COC1OC(CO)C(OC2OC(CO)C(OC3OC(CO)C(O)C(O)C3O)C(O)C2O)C(O)C1O)NC(=O)CCCCCCCCCCCCCCCC/C=C\C/C=C\C/C=C\CCCCCCC. The second kappa shape index (κ2) is 44.3. The molecule has 0 aromatic carbocycles. The number of aliphatic hydroxyl groups is 11. The standard InChI is InChI=1S/C61H109NO18/c1-3-5-7-9-11-12-13-14-15-16-17-18-19-20-21-22-23-24-25-26-27-28-29-30-31-32-33-35-37-39-49(67)62-44(45(66)38-36-34-10-8-6-4-2)43-75-59-55(73)52(70)57(47(41-64)77-59)80-61-56(74)53(71)58(48(42-65)78-61)79-60-54(72)51(69)50(68)46(40-63)76-60/h13-14,16-17,19-20,36,38,44-48,50-61,63-66,68-74H,3-12,15,18,21-35,37,39-43H2,1-2H3,(H,62,67)/b14-13-,17-16-,20-19-,38-36+. The van der Waals surface area contributed by atoms with Crippen molar-refractivity contribution in [2.24, 2.45) is 0 Å². The van der Waals surface area contributed by atoms with Crippen LogP contribution in [0.5, 0.6) is 0 Å². The quantitative estimate of drug-likeness (QED) is 0.0250. The lowest BCUT2D eigenvalue weighted by Gasteiger charge is -2.48. The molecule has 0 saturated carbocycles. The summed E-state index contributed by atoms with van der Waals surface area (Å²) in [6.45, 7) is 1.60. The highest BCUT2D eigenvalue weighted by Gasteiger charge is 2.53. The molecule has 0 spiro atoms. The number of rotatable bonds is 45. The molecule has 0 radical (unpaired) electrons. The van der Waals surface area contributed by atoms with E-state index in [1.54, 1.807) is 6.08 Å². The van der Waals surface area contributed by atoms with Gasteiger partial charge in [0, 0.05) is 6.42 Å². The van der Waals surface area contributed by atoms with E-state index in [1.807, 2.05) is 6.08 Å². The average molecular weight is 1140 g/mol. The molecule has 466 valence electrons. The third kappa shape index (κ3) is 27.6. The number of ether oxygens (including phenoxy) is 6. The van der Waals surface area contributed by atoms with Gasteiger partial charge in [0.15, 0.2) is 18.9 Å². The first-order valence-electron chi connectivity index (χ1n) is 30.9. The molecular formula is C61H109NO18. The molecule has 19 nitrogen and oxygen atoms in total. The Kier molecular flexibility index (Phi) is 39.8. The summed E-state index contributed by atoms with van der Waals surface area (Å²) in [7, 11) is 0. The van der Waals surface area contributed by atoms with Crippen LogP contribution in [0.3, 0.4) is 0 Å². The molecule has 3 saturated heterocycles. The Hall–Kier alpha value is -2.25. The number of nitrogens with one attached hydrogen (secondary N) is 1. The Morgan fingerprint density at radius 1 is 0.450 bits per heavy atom. The van der Waals surface area contributed by atoms with E-state index in [1.165, 1.54) is 109 Å². The van der Waals surface area contributed by atoms with E-state index < -0.39 is 124 Å². The summed E-state index contributed by atoms with van der Waals surface area (Å²) >= 11 is 0. The zero-order valence-electron chi connectivity index (χ0n) is 48.5. The number of carbonyl (C=O) groups is 1. The third-order valence-electron chi connectivity index (χ3n) is 15.4. The van der Waals surface area contributed by atoms with E-state index >= 15 is 0 Å². The normalized spacial score (nSPS) is 30.3. The van der Waals surface area contributed by atoms with Crippen LogP contribution in [-0.2, 0) is 33.2 Å². The van der Waals surface area contributed by atoms with Gasteiger partial charge in [0.05, 0.1) is 38.6 Å². The van der Waals surface area contributed by atoms with Crippen molar-refractivity contribution in [3.63, 3.8) is 0 Å². The maximum atomic E-state index is 13.2. The summed E-state index contributed by atoms with van der Waals surface area (Å²) in [6, 6.07) is -0.970. The zero-order valence-corrected chi connectivity index (χ0v) is 48.5. The van der Waals surface area contributed by atoms with Crippen LogP contribution in [0.1, 0.15) is 200 Å². The van der Waals surface area contributed by atoms with Gasteiger partial charge in [0.1, 0.15) is 73.2 Å². The highest BCUT2D eigenvalue weighted by Crippen LogP contribution is 2.33. The second-order valence-corrected chi connectivity index (χ2v) is 22.2. The lowest BCUT2D eigenvalue weighted by atomic mass is 9.96. The summed E-state index contributed by atoms with van der Waals surface area (Å²) in [6.07, 6.45) is 23.1. The van der Waals surface area contributed by atoms with Crippen molar-refractivity contribution >= 4 is 5.91 Å². The van der Waals surface area contributed by atoms with Crippen molar-refractivity contribution in [1.29, 1.82) is 0 Å². The Balaban J connectivity index is 1.35. The van der Waals surface area contributed by atoms with Crippen molar-refractivity contribution in [3.8, 4) is 0 Å². The lowest BCUT2D eigenvalue weighted by Crippen LogP contribution is -2.66. The molecule has 3 aliphatic heterocycles. The smallest absolute Gasteiger partial charge is 0.220 e. The van der Waals surface area contributed by atoms with Gasteiger partial charge in [-0.15, -0.1) is 0 Å². The molecule has 3 aliphatic rings. The summed E-state index contributed by atoms with van der Waals surface area (Å²) in [5.41, 5.74) is 0. The van der Waals surface area contributed by atoms with Crippen LogP contribution in [0.25, 0.3) is 0 Å². The van der Waals surface area contributed by atoms with Crippen molar-refractivity contribution in [1.82, 2.24) is 5.32 Å². The molecule has 0 aliphatic carbocycles. The van der Waals surface area contributed by atoms with Crippen molar-refractivity contribution in [2.45, 2.75) is 304 Å². The summed E-state index contributed by atoms with van der Waals surface area (Å²) < 4.78 is 34.1. The van der Waals surface area contributed by atoms with Crippen LogP contribution in [0.2, 0.25) is 0 Å². The van der Waals surface area contributed by atoms with Crippen LogP contribution in [0.15, 0.2) is 48.6 Å². The van der Waals surface area contributed by atoms with Crippen LogP contribution in [0.4, 0.5) is 0 Å². The molecule has 0 aromatic rings. The van der Waals surface area contributed by atoms with Gasteiger partial charge < -0.3 is 89.9 Å². The molecule has 17 unspecified atom stereocenters. The fraction of sp³-hybridized carbons (Fsp3) is 0.852. The lowest BCUT2D eigenvalue weighted by molar-refractivity contribution is -0.379. The number of carbonyl (C=O) groups excluding carboxylic acids is 1. The first kappa shape index (κ1) is 72.0. The van der Waals surface area contributed by atoms with Crippen molar-refractivity contribution in [3.05, 3.63) is 48.6 Å². The first-order valence-corrected chi connectivity index (χ1v) is 30.9. The molecular weight excluding hydrogens is 1030 g/mol. The van der Waals surface area contributed by atoms with Crippen LogP contribution < -0.4 is 5.32 Å². The minimum atomic E-state index is -1.98. The van der Waals surface area contributed by atoms with E-state index in [4.69, 9.17) is 28.4 Å².